The Labute approximate surface area is 153 Å². The van der Waals surface area contributed by atoms with Crippen molar-refractivity contribution in [3.63, 3.8) is 0 Å². The normalized spacial score (nSPS) is 23.6. The molecule has 0 aromatic heterocycles. The molecule has 15 heteroatoms. The minimum Gasteiger partial charge on any atom is -0.199 e. The van der Waals surface area contributed by atoms with Gasteiger partial charge in [0, 0.05) is 5.92 Å². The summed E-state index contributed by atoms with van der Waals surface area (Å²) in [5.41, 5.74) is 0. The van der Waals surface area contributed by atoms with E-state index in [1.54, 1.807) is 0 Å². The van der Waals surface area contributed by atoms with E-state index in [0.717, 1.165) is 0 Å². The molecule has 0 amide bonds. The van der Waals surface area contributed by atoms with Gasteiger partial charge in [-0.2, -0.15) is 65.9 Å². The molecule has 2 atom stereocenters. The third-order valence-corrected chi connectivity index (χ3v) is 4.98. The van der Waals surface area contributed by atoms with Crippen molar-refractivity contribution in [1.29, 1.82) is 0 Å². The summed E-state index contributed by atoms with van der Waals surface area (Å²) in [6.07, 6.45) is -9.50. The summed E-state index contributed by atoms with van der Waals surface area (Å²) in [7, 11) is 0. The van der Waals surface area contributed by atoms with Crippen LogP contribution >= 0.6 is 0 Å². The molecule has 1 aliphatic carbocycles. The first-order valence-electron chi connectivity index (χ1n) is 7.87. The highest BCUT2D eigenvalue weighted by atomic mass is 19.4. The van der Waals surface area contributed by atoms with Crippen molar-refractivity contribution >= 4 is 0 Å². The Morgan fingerprint density at radius 3 is 1.28 bits per heavy atom. The summed E-state index contributed by atoms with van der Waals surface area (Å²) < 4.78 is 197. The topological polar surface area (TPSA) is 0 Å². The summed E-state index contributed by atoms with van der Waals surface area (Å²) in [5, 5.41) is 0. The fourth-order valence-electron chi connectivity index (χ4n) is 3.01. The minimum absolute atomic E-state index is 0.0978. The van der Waals surface area contributed by atoms with E-state index >= 15 is 0 Å². The maximum atomic E-state index is 13.9. The molecule has 0 saturated heterocycles. The first-order chi connectivity index (χ1) is 12.5. The second-order valence-corrected chi connectivity index (χ2v) is 6.78. The number of hydrogen-bond acceptors (Lipinski definition) is 0. The Balaban J connectivity index is 3.46. The Bertz CT molecular complexity index is 588. The molecule has 0 heterocycles. The van der Waals surface area contributed by atoms with Gasteiger partial charge in [0.25, 0.3) is 0 Å². The molecule has 2 unspecified atom stereocenters. The average molecular weight is 466 g/mol. The molecule has 1 saturated carbocycles. The van der Waals surface area contributed by atoms with Gasteiger partial charge in [0.05, 0.1) is 0 Å². The molecular formula is C14H13F15. The van der Waals surface area contributed by atoms with Crippen molar-refractivity contribution < 1.29 is 65.9 Å². The van der Waals surface area contributed by atoms with Gasteiger partial charge in [0.2, 0.25) is 0 Å². The zero-order valence-corrected chi connectivity index (χ0v) is 14.2. The first kappa shape index (κ1) is 26.0. The highest BCUT2D eigenvalue weighted by Gasteiger charge is 2.93. The van der Waals surface area contributed by atoms with Gasteiger partial charge in [-0.15, -0.1) is 0 Å². The lowest BCUT2D eigenvalue weighted by molar-refractivity contribution is -0.454. The van der Waals surface area contributed by atoms with E-state index < -0.39 is 66.4 Å². The van der Waals surface area contributed by atoms with Gasteiger partial charge in [-0.3, -0.25) is 0 Å². The predicted molar refractivity (Wildman–Crippen MR) is 66.9 cm³/mol. The van der Waals surface area contributed by atoms with Gasteiger partial charge in [-0.25, -0.2) is 0 Å². The Hall–Kier alpha value is -1.05. The minimum atomic E-state index is -8.20. The molecule has 0 bridgehead atoms. The lowest BCUT2D eigenvalue weighted by atomic mass is 9.85. The van der Waals surface area contributed by atoms with E-state index in [1.807, 2.05) is 0 Å². The Morgan fingerprint density at radius 1 is 0.552 bits per heavy atom. The molecule has 1 fully saturated rings. The lowest BCUT2D eigenvalue weighted by Crippen LogP contribution is -2.73. The maximum Gasteiger partial charge on any atom is 0.460 e. The van der Waals surface area contributed by atoms with Crippen molar-refractivity contribution in [3.05, 3.63) is 0 Å². The number of alkyl halides is 15. The van der Waals surface area contributed by atoms with Gasteiger partial charge in [0.1, 0.15) is 0 Å². The molecule has 1 aliphatic rings. The van der Waals surface area contributed by atoms with Crippen molar-refractivity contribution in [2.45, 2.75) is 74.3 Å². The summed E-state index contributed by atoms with van der Waals surface area (Å²) >= 11 is 0. The van der Waals surface area contributed by atoms with Crippen molar-refractivity contribution in [1.82, 2.24) is 0 Å². The van der Waals surface area contributed by atoms with Crippen LogP contribution in [0.1, 0.15) is 32.6 Å². The molecule has 0 aromatic carbocycles. The Kier molecular flexibility index (Phi) is 6.26. The molecule has 0 nitrogen and oxygen atoms in total. The zero-order valence-electron chi connectivity index (χ0n) is 14.2. The number of halogens is 15. The molecule has 0 radical (unpaired) electrons. The molecule has 0 N–H and O–H groups in total. The van der Waals surface area contributed by atoms with Crippen LogP contribution < -0.4 is 0 Å². The summed E-state index contributed by atoms with van der Waals surface area (Å²) in [6, 6.07) is 0. The van der Waals surface area contributed by atoms with E-state index in [9.17, 15) is 65.9 Å². The fourth-order valence-corrected chi connectivity index (χ4v) is 3.01. The highest BCUT2D eigenvalue weighted by molar-refractivity contribution is 5.14. The number of rotatable bonds is 7. The van der Waals surface area contributed by atoms with Crippen molar-refractivity contribution in [2.75, 3.05) is 0 Å². The molecule has 29 heavy (non-hydrogen) atoms. The average Bonchev–Trinajstić information content (AvgIpc) is 3.02. The van der Waals surface area contributed by atoms with E-state index in [-0.39, 0.29) is 12.8 Å². The van der Waals surface area contributed by atoms with Crippen LogP contribution in [0.5, 0.6) is 0 Å². The molecular weight excluding hydrogens is 453 g/mol. The third-order valence-electron chi connectivity index (χ3n) is 4.98. The van der Waals surface area contributed by atoms with Crippen LogP contribution in [-0.2, 0) is 0 Å². The van der Waals surface area contributed by atoms with Crippen molar-refractivity contribution in [2.24, 2.45) is 11.8 Å². The standard InChI is InChI=1S/C14H13F15/c1-2-6-3-4-7(5-6)8(15,16)9(17,18)10(19,20)11(21,22)12(23,24)13(25,26)14(27,28)29/h6-7H,2-5H2,1H3. The second kappa shape index (κ2) is 6.99. The number of hydrogen-bond donors (Lipinski definition) is 0. The largest absolute Gasteiger partial charge is 0.460 e. The van der Waals surface area contributed by atoms with Crippen LogP contribution in [0.4, 0.5) is 65.9 Å². The molecule has 174 valence electrons. The maximum absolute atomic E-state index is 13.9. The second-order valence-electron chi connectivity index (χ2n) is 6.78. The predicted octanol–water partition coefficient (Wildman–Crippen LogP) is 7.19. The fraction of sp³-hybridized carbons (Fsp3) is 1.00. The van der Waals surface area contributed by atoms with Crippen LogP contribution in [0.25, 0.3) is 0 Å². The Morgan fingerprint density at radius 2 is 0.931 bits per heavy atom. The van der Waals surface area contributed by atoms with Gasteiger partial charge in [0.15, 0.2) is 0 Å². The molecule has 1 rings (SSSR count). The van der Waals surface area contributed by atoms with Crippen LogP contribution in [-0.4, -0.2) is 41.7 Å². The van der Waals surface area contributed by atoms with Gasteiger partial charge < -0.3 is 0 Å². The summed E-state index contributed by atoms with van der Waals surface area (Å²) in [6.45, 7) is 1.39. The quantitative estimate of drug-likeness (QED) is 0.349. The third kappa shape index (κ3) is 3.43. The smallest absolute Gasteiger partial charge is 0.199 e. The van der Waals surface area contributed by atoms with E-state index in [0.29, 0.717) is 0 Å². The summed E-state index contributed by atoms with van der Waals surface area (Å²) in [5.74, 6) is -49.2. The highest BCUT2D eigenvalue weighted by Crippen LogP contribution is 2.64. The van der Waals surface area contributed by atoms with Gasteiger partial charge in [-0.1, -0.05) is 13.3 Å². The van der Waals surface area contributed by atoms with Gasteiger partial charge >= 0.3 is 41.7 Å². The van der Waals surface area contributed by atoms with Crippen LogP contribution in [0.15, 0.2) is 0 Å². The lowest BCUT2D eigenvalue weighted by Gasteiger charge is -2.42. The van der Waals surface area contributed by atoms with E-state index in [4.69, 9.17) is 0 Å². The van der Waals surface area contributed by atoms with E-state index in [2.05, 4.69) is 0 Å². The first-order valence-corrected chi connectivity index (χ1v) is 7.87. The molecule has 0 spiro atoms. The monoisotopic (exact) mass is 466 g/mol. The van der Waals surface area contributed by atoms with Crippen LogP contribution in [0.3, 0.4) is 0 Å². The SMILES string of the molecule is CCC1CCC(C(F)(F)C(F)(F)C(F)(F)C(F)(F)C(F)(F)C(F)(F)C(F)(F)F)C1. The molecule has 0 aliphatic heterocycles. The van der Waals surface area contributed by atoms with Crippen LogP contribution in [0.2, 0.25) is 0 Å². The van der Waals surface area contributed by atoms with Gasteiger partial charge in [-0.05, 0) is 25.2 Å². The molecule has 0 aromatic rings. The van der Waals surface area contributed by atoms with E-state index in [1.165, 1.54) is 6.92 Å². The summed E-state index contributed by atoms with van der Waals surface area (Å²) in [4.78, 5) is 0. The van der Waals surface area contributed by atoms with Crippen LogP contribution in [0, 0.1) is 11.8 Å². The van der Waals surface area contributed by atoms with Crippen molar-refractivity contribution in [3.8, 4) is 0 Å². The zero-order chi connectivity index (χ0) is 23.5.